The zero-order chi connectivity index (χ0) is 16.7. The van der Waals surface area contributed by atoms with E-state index in [4.69, 9.17) is 5.11 Å². The molecule has 1 unspecified atom stereocenters. The average Bonchev–Trinajstić information content (AvgIpc) is 2.82. The fourth-order valence-electron chi connectivity index (χ4n) is 2.04. The number of aromatic nitrogens is 2. The largest absolute Gasteiger partial charge is 0.481 e. The van der Waals surface area contributed by atoms with E-state index in [1.165, 1.54) is 4.90 Å². The summed E-state index contributed by atoms with van der Waals surface area (Å²) in [4.78, 5) is 24.1. The summed E-state index contributed by atoms with van der Waals surface area (Å²) in [6.45, 7) is 7.07. The Morgan fingerprint density at radius 1 is 1.50 bits per heavy atom. The van der Waals surface area contributed by atoms with Gasteiger partial charge in [-0.3, -0.25) is 9.48 Å². The maximum absolute atomic E-state index is 12.0. The predicted molar refractivity (Wildman–Crippen MR) is 83.5 cm³/mol. The van der Waals surface area contributed by atoms with Crippen molar-refractivity contribution in [3.63, 3.8) is 0 Å². The lowest BCUT2D eigenvalue weighted by molar-refractivity contribution is -0.141. The number of hydrogen-bond donors (Lipinski definition) is 2. The number of rotatable bonds is 8. The molecule has 1 aromatic rings. The van der Waals surface area contributed by atoms with Gasteiger partial charge in [-0.15, -0.1) is 0 Å². The number of nitrogens with one attached hydrogen (secondary N) is 1. The maximum Gasteiger partial charge on any atom is 0.317 e. The van der Waals surface area contributed by atoms with Crippen LogP contribution >= 0.6 is 0 Å². The molecule has 7 heteroatoms. The summed E-state index contributed by atoms with van der Waals surface area (Å²) in [5.74, 6) is -1.50. The molecule has 0 aliphatic carbocycles. The molecule has 0 spiro atoms. The average molecular weight is 310 g/mol. The van der Waals surface area contributed by atoms with Gasteiger partial charge in [-0.2, -0.15) is 5.10 Å². The molecule has 0 aliphatic rings. The fraction of sp³-hybridized carbons (Fsp3) is 0.667. The summed E-state index contributed by atoms with van der Waals surface area (Å²) in [7, 11) is 1.59. The minimum Gasteiger partial charge on any atom is -0.481 e. The van der Waals surface area contributed by atoms with Gasteiger partial charge in [-0.1, -0.05) is 20.3 Å². The van der Waals surface area contributed by atoms with Crippen molar-refractivity contribution in [2.24, 2.45) is 5.92 Å². The first-order chi connectivity index (χ1) is 10.3. The molecule has 1 rings (SSSR count). The third-order valence-electron chi connectivity index (χ3n) is 3.53. The topological polar surface area (TPSA) is 87.5 Å². The SMILES string of the molecule is CCCCn1cc(CNC(=O)N(C)CC(C)C(=O)O)c(C)n1. The van der Waals surface area contributed by atoms with Crippen LogP contribution in [0.1, 0.15) is 37.9 Å². The van der Waals surface area contributed by atoms with Gasteiger partial charge in [0.25, 0.3) is 0 Å². The predicted octanol–water partition coefficient (Wildman–Crippen LogP) is 1.85. The van der Waals surface area contributed by atoms with Crippen LogP contribution in [0.5, 0.6) is 0 Å². The molecule has 2 amide bonds. The number of amides is 2. The van der Waals surface area contributed by atoms with Crippen LogP contribution in [-0.2, 0) is 17.9 Å². The second-order valence-corrected chi connectivity index (χ2v) is 5.63. The lowest BCUT2D eigenvalue weighted by Crippen LogP contribution is -2.40. The molecule has 7 nitrogen and oxygen atoms in total. The van der Waals surface area contributed by atoms with Gasteiger partial charge < -0.3 is 15.3 Å². The Bertz CT molecular complexity index is 513. The number of carbonyl (C=O) groups excluding carboxylic acids is 1. The van der Waals surface area contributed by atoms with Crippen molar-refractivity contribution in [3.05, 3.63) is 17.5 Å². The number of urea groups is 1. The number of carbonyl (C=O) groups is 2. The lowest BCUT2D eigenvalue weighted by atomic mass is 10.2. The van der Waals surface area contributed by atoms with E-state index in [1.54, 1.807) is 14.0 Å². The number of carboxylic acids is 1. The normalized spacial score (nSPS) is 12.0. The van der Waals surface area contributed by atoms with E-state index in [9.17, 15) is 9.59 Å². The Kier molecular flexibility index (Phi) is 6.88. The Morgan fingerprint density at radius 3 is 2.77 bits per heavy atom. The van der Waals surface area contributed by atoms with Crippen molar-refractivity contribution >= 4 is 12.0 Å². The van der Waals surface area contributed by atoms with Crippen LogP contribution in [0.15, 0.2) is 6.20 Å². The van der Waals surface area contributed by atoms with E-state index in [2.05, 4.69) is 17.3 Å². The molecular formula is C15H26N4O3. The highest BCUT2D eigenvalue weighted by molar-refractivity contribution is 5.75. The van der Waals surface area contributed by atoms with E-state index in [0.717, 1.165) is 30.6 Å². The van der Waals surface area contributed by atoms with Crippen LogP contribution in [0.25, 0.3) is 0 Å². The smallest absolute Gasteiger partial charge is 0.317 e. The zero-order valence-electron chi connectivity index (χ0n) is 13.8. The molecule has 1 heterocycles. The van der Waals surface area contributed by atoms with Gasteiger partial charge in [0.15, 0.2) is 0 Å². The third kappa shape index (κ3) is 5.38. The summed E-state index contributed by atoms with van der Waals surface area (Å²) in [5.41, 5.74) is 1.88. The van der Waals surface area contributed by atoms with Gasteiger partial charge in [-0.05, 0) is 13.3 Å². The van der Waals surface area contributed by atoms with Crippen molar-refractivity contribution in [2.45, 2.75) is 46.7 Å². The molecule has 1 atom stereocenters. The van der Waals surface area contributed by atoms with Crippen molar-refractivity contribution in [1.29, 1.82) is 0 Å². The molecule has 2 N–H and O–H groups in total. The van der Waals surface area contributed by atoms with Gasteiger partial charge in [0, 0.05) is 38.4 Å². The van der Waals surface area contributed by atoms with Crippen molar-refractivity contribution < 1.29 is 14.7 Å². The van der Waals surface area contributed by atoms with Gasteiger partial charge >= 0.3 is 12.0 Å². The van der Waals surface area contributed by atoms with Gasteiger partial charge in [0.2, 0.25) is 0 Å². The lowest BCUT2D eigenvalue weighted by Gasteiger charge is -2.19. The van der Waals surface area contributed by atoms with Crippen LogP contribution < -0.4 is 5.32 Å². The summed E-state index contributed by atoms with van der Waals surface area (Å²) in [5, 5.41) is 16.1. The number of unbranched alkanes of at least 4 members (excludes halogenated alkanes) is 1. The van der Waals surface area contributed by atoms with Crippen molar-refractivity contribution in [2.75, 3.05) is 13.6 Å². The highest BCUT2D eigenvalue weighted by Crippen LogP contribution is 2.07. The Balaban J connectivity index is 2.49. The molecule has 0 aliphatic heterocycles. The summed E-state index contributed by atoms with van der Waals surface area (Å²) in [6, 6.07) is -0.284. The van der Waals surface area contributed by atoms with Crippen LogP contribution in [0.2, 0.25) is 0 Å². The highest BCUT2D eigenvalue weighted by Gasteiger charge is 2.17. The number of nitrogens with zero attached hydrogens (tertiary/aromatic N) is 3. The van der Waals surface area contributed by atoms with E-state index < -0.39 is 11.9 Å². The summed E-state index contributed by atoms with van der Waals surface area (Å²) < 4.78 is 1.90. The molecule has 0 radical (unpaired) electrons. The minimum absolute atomic E-state index is 0.176. The van der Waals surface area contributed by atoms with Crippen LogP contribution in [0, 0.1) is 12.8 Å². The second kappa shape index (κ2) is 8.41. The van der Waals surface area contributed by atoms with Crippen LogP contribution in [0.4, 0.5) is 4.79 Å². The van der Waals surface area contributed by atoms with E-state index in [1.807, 2.05) is 17.8 Å². The molecule has 0 saturated heterocycles. The standard InChI is InChI=1S/C15H26N4O3/c1-5-6-7-19-10-13(12(3)17-19)8-16-15(22)18(4)9-11(2)14(20)21/h10-11H,5-9H2,1-4H3,(H,16,22)(H,20,21). The molecule has 124 valence electrons. The first-order valence-corrected chi connectivity index (χ1v) is 7.59. The molecule has 0 bridgehead atoms. The van der Waals surface area contributed by atoms with Crippen LogP contribution in [0.3, 0.4) is 0 Å². The summed E-state index contributed by atoms with van der Waals surface area (Å²) >= 11 is 0. The second-order valence-electron chi connectivity index (χ2n) is 5.63. The van der Waals surface area contributed by atoms with Crippen molar-refractivity contribution in [1.82, 2.24) is 20.0 Å². The first kappa shape index (κ1) is 18.0. The molecule has 1 aromatic heterocycles. The zero-order valence-corrected chi connectivity index (χ0v) is 13.8. The molecular weight excluding hydrogens is 284 g/mol. The third-order valence-corrected chi connectivity index (χ3v) is 3.53. The maximum atomic E-state index is 12.0. The number of aliphatic carboxylic acids is 1. The van der Waals surface area contributed by atoms with E-state index >= 15 is 0 Å². The molecule has 0 fully saturated rings. The number of carboxylic acid groups (broad SMARTS) is 1. The fourth-order valence-corrected chi connectivity index (χ4v) is 2.04. The number of hydrogen-bond acceptors (Lipinski definition) is 3. The molecule has 22 heavy (non-hydrogen) atoms. The number of aryl methyl sites for hydroxylation is 2. The Hall–Kier alpha value is -2.05. The first-order valence-electron chi connectivity index (χ1n) is 7.59. The van der Waals surface area contributed by atoms with Gasteiger partial charge in [-0.25, -0.2) is 4.79 Å². The summed E-state index contributed by atoms with van der Waals surface area (Å²) in [6.07, 6.45) is 4.13. The minimum atomic E-state index is -0.910. The quantitative estimate of drug-likeness (QED) is 0.767. The van der Waals surface area contributed by atoms with Crippen molar-refractivity contribution in [3.8, 4) is 0 Å². The van der Waals surface area contributed by atoms with Gasteiger partial charge in [0.05, 0.1) is 11.6 Å². The van der Waals surface area contributed by atoms with E-state index in [-0.39, 0.29) is 12.6 Å². The molecule has 0 aromatic carbocycles. The van der Waals surface area contributed by atoms with E-state index in [0.29, 0.717) is 6.54 Å². The van der Waals surface area contributed by atoms with Gasteiger partial charge in [0.1, 0.15) is 0 Å². The monoisotopic (exact) mass is 310 g/mol. The Labute approximate surface area is 131 Å². The van der Waals surface area contributed by atoms with Crippen LogP contribution in [-0.4, -0.2) is 45.4 Å². The molecule has 0 saturated carbocycles. The highest BCUT2D eigenvalue weighted by atomic mass is 16.4. The Morgan fingerprint density at radius 2 is 2.18 bits per heavy atom.